The van der Waals surface area contributed by atoms with Gasteiger partial charge in [0, 0.05) is 6.04 Å². The number of ether oxygens (including phenoxy) is 1. The van der Waals surface area contributed by atoms with Crippen LogP contribution in [0.3, 0.4) is 0 Å². The van der Waals surface area contributed by atoms with Crippen LogP contribution in [0.4, 0.5) is 0 Å². The standard InChI is InChI=1S/C12H20N2O.ClH/c1-15-11-7-5-10(6-8-11)12(14)4-2-3-9-13;/h5-8,12H,2-4,9,13-14H2,1H3;1H/t12-;/m0./s1. The van der Waals surface area contributed by atoms with Crippen LogP contribution in [0.25, 0.3) is 0 Å². The van der Waals surface area contributed by atoms with E-state index in [0.717, 1.165) is 37.1 Å². The summed E-state index contributed by atoms with van der Waals surface area (Å²) in [5.41, 5.74) is 12.6. The van der Waals surface area contributed by atoms with Crippen molar-refractivity contribution in [2.75, 3.05) is 13.7 Å². The van der Waals surface area contributed by atoms with E-state index in [0.29, 0.717) is 0 Å². The molecule has 3 nitrogen and oxygen atoms in total. The summed E-state index contributed by atoms with van der Waals surface area (Å²) in [6, 6.07) is 8.04. The molecule has 0 radical (unpaired) electrons. The summed E-state index contributed by atoms with van der Waals surface area (Å²) in [6.07, 6.45) is 3.12. The third kappa shape index (κ3) is 4.84. The van der Waals surface area contributed by atoms with Crippen molar-refractivity contribution < 1.29 is 4.74 Å². The van der Waals surface area contributed by atoms with E-state index in [-0.39, 0.29) is 18.4 Å². The molecule has 0 saturated heterocycles. The van der Waals surface area contributed by atoms with Gasteiger partial charge in [0.1, 0.15) is 5.75 Å². The van der Waals surface area contributed by atoms with E-state index in [9.17, 15) is 0 Å². The summed E-state index contributed by atoms with van der Waals surface area (Å²) in [6.45, 7) is 0.745. The zero-order chi connectivity index (χ0) is 11.1. The van der Waals surface area contributed by atoms with E-state index in [1.165, 1.54) is 0 Å². The highest BCUT2D eigenvalue weighted by molar-refractivity contribution is 5.85. The minimum Gasteiger partial charge on any atom is -0.497 e. The van der Waals surface area contributed by atoms with Crippen molar-refractivity contribution in [1.82, 2.24) is 0 Å². The molecular formula is C12H21ClN2O. The molecule has 4 heteroatoms. The zero-order valence-electron chi connectivity index (χ0n) is 9.69. The average molecular weight is 245 g/mol. The van der Waals surface area contributed by atoms with Crippen molar-refractivity contribution in [1.29, 1.82) is 0 Å². The highest BCUT2D eigenvalue weighted by Gasteiger charge is 2.05. The third-order valence-electron chi connectivity index (χ3n) is 2.51. The van der Waals surface area contributed by atoms with Gasteiger partial charge in [0.05, 0.1) is 7.11 Å². The van der Waals surface area contributed by atoms with Crippen LogP contribution in [0.1, 0.15) is 30.9 Å². The Hall–Kier alpha value is -0.770. The van der Waals surface area contributed by atoms with E-state index in [1.54, 1.807) is 7.11 Å². The second-order valence-electron chi connectivity index (χ2n) is 3.66. The number of benzene rings is 1. The molecule has 0 heterocycles. The number of nitrogens with two attached hydrogens (primary N) is 2. The van der Waals surface area contributed by atoms with Crippen molar-refractivity contribution in [2.45, 2.75) is 25.3 Å². The molecule has 1 atom stereocenters. The first-order chi connectivity index (χ1) is 7.27. The van der Waals surface area contributed by atoms with Gasteiger partial charge in [-0.15, -0.1) is 12.4 Å². The quantitative estimate of drug-likeness (QED) is 0.755. The van der Waals surface area contributed by atoms with Crippen LogP contribution in [0.15, 0.2) is 24.3 Å². The van der Waals surface area contributed by atoms with Gasteiger partial charge in [-0.25, -0.2) is 0 Å². The SMILES string of the molecule is COc1ccc([C@@H](N)CCCCN)cc1.Cl. The first-order valence-electron chi connectivity index (χ1n) is 5.37. The molecule has 0 spiro atoms. The molecule has 0 aliphatic heterocycles. The van der Waals surface area contributed by atoms with E-state index >= 15 is 0 Å². The lowest BCUT2D eigenvalue weighted by molar-refractivity contribution is 0.414. The van der Waals surface area contributed by atoms with Gasteiger partial charge in [-0.1, -0.05) is 18.6 Å². The van der Waals surface area contributed by atoms with Crippen molar-refractivity contribution in [3.05, 3.63) is 29.8 Å². The lowest BCUT2D eigenvalue weighted by Crippen LogP contribution is -2.10. The van der Waals surface area contributed by atoms with Crippen molar-refractivity contribution in [3.63, 3.8) is 0 Å². The molecule has 0 fully saturated rings. The van der Waals surface area contributed by atoms with E-state index in [2.05, 4.69) is 0 Å². The maximum atomic E-state index is 6.05. The molecule has 0 bridgehead atoms. The normalized spacial score (nSPS) is 11.7. The molecule has 92 valence electrons. The summed E-state index contributed by atoms with van der Waals surface area (Å²) >= 11 is 0. The minimum atomic E-state index is 0. The van der Waals surface area contributed by atoms with Crippen LogP contribution in [0, 0.1) is 0 Å². The van der Waals surface area contributed by atoms with Crippen molar-refractivity contribution in [3.8, 4) is 5.75 Å². The van der Waals surface area contributed by atoms with Gasteiger partial charge in [-0.2, -0.15) is 0 Å². The van der Waals surface area contributed by atoms with Gasteiger partial charge in [0.2, 0.25) is 0 Å². The first kappa shape index (κ1) is 15.2. The van der Waals surface area contributed by atoms with Crippen LogP contribution >= 0.6 is 12.4 Å². The van der Waals surface area contributed by atoms with E-state index in [1.807, 2.05) is 24.3 Å². The number of hydrogen-bond donors (Lipinski definition) is 2. The number of methoxy groups -OCH3 is 1. The van der Waals surface area contributed by atoms with Crippen LogP contribution in [-0.4, -0.2) is 13.7 Å². The second kappa shape index (κ2) is 8.39. The van der Waals surface area contributed by atoms with Gasteiger partial charge in [-0.05, 0) is 37.1 Å². The van der Waals surface area contributed by atoms with Gasteiger partial charge in [0.25, 0.3) is 0 Å². The number of rotatable bonds is 6. The Morgan fingerprint density at radius 3 is 2.31 bits per heavy atom. The lowest BCUT2D eigenvalue weighted by atomic mass is 10.0. The molecule has 0 aliphatic rings. The first-order valence-corrected chi connectivity index (χ1v) is 5.37. The smallest absolute Gasteiger partial charge is 0.118 e. The summed E-state index contributed by atoms with van der Waals surface area (Å²) in [4.78, 5) is 0. The summed E-state index contributed by atoms with van der Waals surface area (Å²) < 4.78 is 5.09. The van der Waals surface area contributed by atoms with Gasteiger partial charge >= 0.3 is 0 Å². The van der Waals surface area contributed by atoms with Crippen LogP contribution in [0.5, 0.6) is 5.75 Å². The molecule has 0 saturated carbocycles. The number of halogens is 1. The molecular weight excluding hydrogens is 224 g/mol. The topological polar surface area (TPSA) is 61.3 Å². The monoisotopic (exact) mass is 244 g/mol. The van der Waals surface area contributed by atoms with E-state index in [4.69, 9.17) is 16.2 Å². The van der Waals surface area contributed by atoms with Gasteiger partial charge in [0.15, 0.2) is 0 Å². The predicted octanol–water partition coefficient (Wildman–Crippen LogP) is 2.25. The Morgan fingerprint density at radius 2 is 1.81 bits per heavy atom. The summed E-state index contributed by atoms with van der Waals surface area (Å²) in [5.74, 6) is 0.868. The highest BCUT2D eigenvalue weighted by Crippen LogP contribution is 2.19. The second-order valence-corrected chi connectivity index (χ2v) is 3.66. The van der Waals surface area contributed by atoms with Gasteiger partial charge in [-0.3, -0.25) is 0 Å². The maximum absolute atomic E-state index is 6.05. The molecule has 1 aromatic carbocycles. The van der Waals surface area contributed by atoms with Crippen LogP contribution < -0.4 is 16.2 Å². The molecule has 4 N–H and O–H groups in total. The molecule has 16 heavy (non-hydrogen) atoms. The maximum Gasteiger partial charge on any atom is 0.118 e. The van der Waals surface area contributed by atoms with E-state index < -0.39 is 0 Å². The Balaban J connectivity index is 0.00000225. The zero-order valence-corrected chi connectivity index (χ0v) is 10.5. The summed E-state index contributed by atoms with van der Waals surface area (Å²) in [5, 5.41) is 0. The molecule has 0 aliphatic carbocycles. The summed E-state index contributed by atoms with van der Waals surface area (Å²) in [7, 11) is 1.66. The van der Waals surface area contributed by atoms with Gasteiger partial charge < -0.3 is 16.2 Å². The highest BCUT2D eigenvalue weighted by atomic mass is 35.5. The lowest BCUT2D eigenvalue weighted by Gasteiger charge is -2.12. The Bertz CT molecular complexity index is 277. The average Bonchev–Trinajstić information content (AvgIpc) is 2.29. The molecule has 0 aromatic heterocycles. The largest absolute Gasteiger partial charge is 0.497 e. The number of unbranched alkanes of at least 4 members (excludes halogenated alkanes) is 1. The molecule has 1 rings (SSSR count). The molecule has 0 amide bonds. The Morgan fingerprint density at radius 1 is 1.19 bits per heavy atom. The minimum absolute atomic E-state index is 0. The van der Waals surface area contributed by atoms with Crippen LogP contribution in [-0.2, 0) is 0 Å². The third-order valence-corrected chi connectivity index (χ3v) is 2.51. The fourth-order valence-corrected chi connectivity index (χ4v) is 1.53. The Labute approximate surface area is 104 Å². The molecule has 0 unspecified atom stereocenters. The fraction of sp³-hybridized carbons (Fsp3) is 0.500. The van der Waals surface area contributed by atoms with Crippen LogP contribution in [0.2, 0.25) is 0 Å². The predicted molar refractivity (Wildman–Crippen MR) is 70.1 cm³/mol. The fourth-order valence-electron chi connectivity index (χ4n) is 1.53. The number of hydrogen-bond acceptors (Lipinski definition) is 3. The van der Waals surface area contributed by atoms with Crippen molar-refractivity contribution in [2.24, 2.45) is 11.5 Å². The molecule has 1 aromatic rings. The Kier molecular flexibility index (Phi) is 7.99. The van der Waals surface area contributed by atoms with Crippen molar-refractivity contribution >= 4 is 12.4 Å².